The predicted octanol–water partition coefficient (Wildman–Crippen LogP) is 0.490. The fourth-order valence-electron chi connectivity index (χ4n) is 3.04. The van der Waals surface area contributed by atoms with E-state index in [1.165, 1.54) is 0 Å². The number of hydrogen-bond acceptors (Lipinski definition) is 8. The Morgan fingerprint density at radius 3 is 2.28 bits per heavy atom. The van der Waals surface area contributed by atoms with E-state index >= 15 is 0 Å². The number of hydrogen-bond donors (Lipinski definition) is 2. The van der Waals surface area contributed by atoms with Crippen molar-refractivity contribution in [1.29, 1.82) is 0 Å². The van der Waals surface area contributed by atoms with E-state index in [0.29, 0.717) is 30.9 Å². The molecule has 0 atom stereocenters. The van der Waals surface area contributed by atoms with E-state index in [0.717, 1.165) is 44.8 Å². The Balaban J connectivity index is 1.73. The summed E-state index contributed by atoms with van der Waals surface area (Å²) < 4.78 is 5.43. The van der Waals surface area contributed by atoms with Crippen molar-refractivity contribution in [1.82, 2.24) is 20.3 Å². The van der Waals surface area contributed by atoms with Crippen LogP contribution < -0.4 is 15.1 Å². The molecule has 8 heteroatoms. The number of ether oxygens (including phenoxy) is 1. The number of anilines is 2. The quantitative estimate of drug-likeness (QED) is 0.833. The topological polar surface area (TPSA) is 86.6 Å². The van der Waals surface area contributed by atoms with Gasteiger partial charge in [0, 0.05) is 44.8 Å². The van der Waals surface area contributed by atoms with E-state index in [1.807, 2.05) is 6.07 Å². The molecule has 1 aromatic carbocycles. The first-order valence-electron chi connectivity index (χ1n) is 8.63. The molecule has 1 aromatic heterocycles. The Bertz CT molecular complexity index is 693. The van der Waals surface area contributed by atoms with Crippen molar-refractivity contribution in [3.05, 3.63) is 24.3 Å². The molecule has 2 saturated heterocycles. The molecule has 2 N–H and O–H groups in total. The highest BCUT2D eigenvalue weighted by atomic mass is 16.5. The lowest BCUT2D eigenvalue weighted by molar-refractivity contribution is 0.122. The lowest BCUT2D eigenvalue weighted by Crippen LogP contribution is -2.44. The molecule has 25 heavy (non-hydrogen) atoms. The van der Waals surface area contributed by atoms with Crippen LogP contribution in [-0.4, -0.2) is 72.5 Å². The maximum atomic E-state index is 9.79. The average molecular weight is 342 g/mol. The van der Waals surface area contributed by atoms with Crippen LogP contribution in [0.15, 0.2) is 24.3 Å². The van der Waals surface area contributed by atoms with Crippen molar-refractivity contribution in [2.24, 2.45) is 0 Å². The number of nitrogens with one attached hydrogen (secondary N) is 1. The van der Waals surface area contributed by atoms with Gasteiger partial charge in [0.1, 0.15) is 5.75 Å². The molecule has 3 heterocycles. The van der Waals surface area contributed by atoms with Crippen LogP contribution in [0.5, 0.6) is 5.75 Å². The summed E-state index contributed by atoms with van der Waals surface area (Å²) in [5, 5.41) is 13.1. The number of benzene rings is 1. The van der Waals surface area contributed by atoms with E-state index in [4.69, 9.17) is 9.72 Å². The summed E-state index contributed by atoms with van der Waals surface area (Å²) in [4.78, 5) is 18.3. The zero-order valence-electron chi connectivity index (χ0n) is 14.1. The van der Waals surface area contributed by atoms with Gasteiger partial charge in [-0.3, -0.25) is 0 Å². The monoisotopic (exact) mass is 342 g/mol. The summed E-state index contributed by atoms with van der Waals surface area (Å²) in [7, 11) is 0. The summed E-state index contributed by atoms with van der Waals surface area (Å²) in [6.07, 6.45) is 0. The SMILES string of the molecule is Oc1cccc(-c2nc(N3CCNCC3)nc(N3CCOCC3)n2)c1. The Labute approximate surface area is 146 Å². The molecule has 2 aliphatic rings. The van der Waals surface area contributed by atoms with Crippen LogP contribution in [0.4, 0.5) is 11.9 Å². The van der Waals surface area contributed by atoms with E-state index in [2.05, 4.69) is 25.1 Å². The minimum Gasteiger partial charge on any atom is -0.508 e. The number of nitrogens with zero attached hydrogens (tertiary/aromatic N) is 5. The van der Waals surface area contributed by atoms with Crippen LogP contribution in [-0.2, 0) is 4.74 Å². The van der Waals surface area contributed by atoms with Gasteiger partial charge in [-0.05, 0) is 12.1 Å². The zero-order chi connectivity index (χ0) is 17.1. The van der Waals surface area contributed by atoms with Crippen LogP contribution in [0, 0.1) is 0 Å². The van der Waals surface area contributed by atoms with E-state index in [9.17, 15) is 5.11 Å². The van der Waals surface area contributed by atoms with E-state index in [-0.39, 0.29) is 5.75 Å². The molecule has 132 valence electrons. The van der Waals surface area contributed by atoms with Gasteiger partial charge >= 0.3 is 0 Å². The van der Waals surface area contributed by atoms with Crippen LogP contribution >= 0.6 is 0 Å². The second-order valence-electron chi connectivity index (χ2n) is 6.15. The molecule has 0 radical (unpaired) electrons. The second kappa shape index (κ2) is 7.20. The first kappa shape index (κ1) is 16.0. The van der Waals surface area contributed by atoms with Gasteiger partial charge in [-0.25, -0.2) is 0 Å². The first-order chi connectivity index (χ1) is 12.3. The standard InChI is InChI=1S/C17H22N6O2/c24-14-3-1-2-13(12-14)15-19-16(22-6-4-18-5-7-22)21-17(20-15)23-8-10-25-11-9-23/h1-3,12,18,24H,4-11H2. The summed E-state index contributed by atoms with van der Waals surface area (Å²) in [5.74, 6) is 2.15. The molecule has 0 bridgehead atoms. The Hall–Kier alpha value is -2.45. The maximum Gasteiger partial charge on any atom is 0.230 e. The van der Waals surface area contributed by atoms with E-state index in [1.54, 1.807) is 18.2 Å². The lowest BCUT2D eigenvalue weighted by atomic mass is 10.2. The summed E-state index contributed by atoms with van der Waals surface area (Å²) in [6, 6.07) is 7.03. The van der Waals surface area contributed by atoms with Crippen LogP contribution in [0.1, 0.15) is 0 Å². The molecule has 4 rings (SSSR count). The molecular formula is C17H22N6O2. The van der Waals surface area contributed by atoms with Crippen LogP contribution in [0.25, 0.3) is 11.4 Å². The lowest BCUT2D eigenvalue weighted by Gasteiger charge is -2.30. The molecule has 0 saturated carbocycles. The van der Waals surface area contributed by atoms with Crippen molar-refractivity contribution >= 4 is 11.9 Å². The third kappa shape index (κ3) is 3.64. The van der Waals surface area contributed by atoms with Crippen LogP contribution in [0.2, 0.25) is 0 Å². The number of rotatable bonds is 3. The molecule has 8 nitrogen and oxygen atoms in total. The van der Waals surface area contributed by atoms with Crippen molar-refractivity contribution in [3.8, 4) is 17.1 Å². The number of morpholine rings is 1. The Morgan fingerprint density at radius 1 is 0.920 bits per heavy atom. The van der Waals surface area contributed by atoms with E-state index < -0.39 is 0 Å². The minimum absolute atomic E-state index is 0.203. The van der Waals surface area contributed by atoms with Crippen molar-refractivity contribution in [3.63, 3.8) is 0 Å². The number of aromatic nitrogens is 3. The third-order valence-corrected chi connectivity index (χ3v) is 4.41. The maximum absolute atomic E-state index is 9.79. The molecule has 2 aromatic rings. The van der Waals surface area contributed by atoms with Gasteiger partial charge in [0.15, 0.2) is 5.82 Å². The third-order valence-electron chi connectivity index (χ3n) is 4.41. The smallest absolute Gasteiger partial charge is 0.230 e. The van der Waals surface area contributed by atoms with Gasteiger partial charge in [-0.1, -0.05) is 12.1 Å². The normalized spacial score (nSPS) is 18.4. The minimum atomic E-state index is 0.203. The number of phenols is 1. The molecule has 2 fully saturated rings. The van der Waals surface area contributed by atoms with Gasteiger partial charge in [-0.2, -0.15) is 15.0 Å². The molecule has 0 aliphatic carbocycles. The first-order valence-corrected chi connectivity index (χ1v) is 8.63. The fraction of sp³-hybridized carbons (Fsp3) is 0.471. The van der Waals surface area contributed by atoms with Crippen molar-refractivity contribution in [2.45, 2.75) is 0 Å². The molecule has 0 amide bonds. The fourth-order valence-corrected chi connectivity index (χ4v) is 3.04. The number of phenolic OH excluding ortho intramolecular Hbond substituents is 1. The highest BCUT2D eigenvalue weighted by Gasteiger charge is 2.20. The predicted molar refractivity (Wildman–Crippen MR) is 95.0 cm³/mol. The van der Waals surface area contributed by atoms with Gasteiger partial charge in [0.2, 0.25) is 11.9 Å². The number of piperazine rings is 1. The number of aromatic hydroxyl groups is 1. The molecular weight excluding hydrogens is 320 g/mol. The van der Waals surface area contributed by atoms with Crippen LogP contribution in [0.3, 0.4) is 0 Å². The largest absolute Gasteiger partial charge is 0.508 e. The second-order valence-corrected chi connectivity index (χ2v) is 6.15. The average Bonchev–Trinajstić information content (AvgIpc) is 2.69. The van der Waals surface area contributed by atoms with Gasteiger partial charge in [-0.15, -0.1) is 0 Å². The van der Waals surface area contributed by atoms with Gasteiger partial charge in [0.05, 0.1) is 13.2 Å². The zero-order valence-corrected chi connectivity index (χ0v) is 14.1. The highest BCUT2D eigenvalue weighted by Crippen LogP contribution is 2.24. The Morgan fingerprint density at radius 2 is 1.60 bits per heavy atom. The summed E-state index contributed by atoms with van der Waals surface area (Å²) >= 11 is 0. The van der Waals surface area contributed by atoms with Crippen molar-refractivity contribution < 1.29 is 9.84 Å². The van der Waals surface area contributed by atoms with Gasteiger partial charge < -0.3 is 25.0 Å². The summed E-state index contributed by atoms with van der Waals surface area (Å²) in [6.45, 7) is 6.46. The Kier molecular flexibility index (Phi) is 4.62. The van der Waals surface area contributed by atoms with Gasteiger partial charge in [0.25, 0.3) is 0 Å². The molecule has 2 aliphatic heterocycles. The highest BCUT2D eigenvalue weighted by molar-refractivity contribution is 5.60. The molecule has 0 spiro atoms. The van der Waals surface area contributed by atoms with Crippen molar-refractivity contribution in [2.75, 3.05) is 62.3 Å². The summed E-state index contributed by atoms with van der Waals surface area (Å²) in [5.41, 5.74) is 0.785. The molecule has 0 unspecified atom stereocenters.